The molecule has 2 unspecified atom stereocenters. The molecule has 0 spiro atoms. The zero-order chi connectivity index (χ0) is 24.6. The van der Waals surface area contributed by atoms with E-state index in [-0.39, 0.29) is 22.5 Å². The summed E-state index contributed by atoms with van der Waals surface area (Å²) in [5, 5.41) is 0. The summed E-state index contributed by atoms with van der Waals surface area (Å²) in [5.41, 5.74) is 2.27. The minimum Gasteiger partial charge on any atom is -0.425 e. The van der Waals surface area contributed by atoms with Gasteiger partial charge in [0.1, 0.15) is 12.3 Å². The summed E-state index contributed by atoms with van der Waals surface area (Å²) in [6.07, 6.45) is 4.77. The van der Waals surface area contributed by atoms with Crippen LogP contribution in [0.15, 0.2) is 59.5 Å². The molecule has 4 rings (SSSR count). The number of amides is 2. The number of nitrogens with zero attached hydrogens (tertiary/aromatic N) is 2. The Kier molecular flexibility index (Phi) is 6.31. The molecule has 9 heteroatoms. The molecular weight excluding hydrogens is 456 g/mol. The molecule has 2 atom stereocenters. The van der Waals surface area contributed by atoms with Gasteiger partial charge in [-0.25, -0.2) is 13.2 Å². The summed E-state index contributed by atoms with van der Waals surface area (Å²) >= 11 is 0. The monoisotopic (exact) mass is 482 g/mol. The normalized spacial score (nSPS) is 19.8. The van der Waals surface area contributed by atoms with Crippen LogP contribution in [0.3, 0.4) is 0 Å². The fraction of sp³-hybridized carbons (Fsp3) is 0.320. The first-order valence-corrected chi connectivity index (χ1v) is 12.4. The predicted octanol–water partition coefficient (Wildman–Crippen LogP) is 2.99. The van der Waals surface area contributed by atoms with E-state index in [4.69, 9.17) is 4.74 Å². The van der Waals surface area contributed by atoms with E-state index in [0.29, 0.717) is 18.5 Å². The summed E-state index contributed by atoms with van der Waals surface area (Å²) in [7, 11) is -2.32. The number of carbonyl (C=O) groups is 3. The van der Waals surface area contributed by atoms with Gasteiger partial charge in [-0.1, -0.05) is 18.2 Å². The number of sulfonamides is 1. The van der Waals surface area contributed by atoms with Crippen LogP contribution in [0.25, 0.3) is 0 Å². The Morgan fingerprint density at radius 3 is 2.12 bits per heavy atom. The first-order valence-electron chi connectivity index (χ1n) is 11.0. The number of aryl methyl sites for hydroxylation is 2. The topological polar surface area (TPSA) is 101 Å². The van der Waals surface area contributed by atoms with E-state index >= 15 is 0 Å². The first-order chi connectivity index (χ1) is 16.1. The SMILES string of the molecule is Cc1ccc(S(=O)(=O)N(C)c2ccc(OC(=O)CN3C(=O)C4CC=CCC4C3=O)cc2)cc1C. The molecule has 2 aromatic carbocycles. The van der Waals surface area contributed by atoms with Gasteiger partial charge < -0.3 is 4.74 Å². The Morgan fingerprint density at radius 2 is 1.56 bits per heavy atom. The number of carbonyl (C=O) groups excluding carboxylic acids is 3. The van der Waals surface area contributed by atoms with Gasteiger partial charge in [0, 0.05) is 7.05 Å². The number of rotatable bonds is 6. The smallest absolute Gasteiger partial charge is 0.331 e. The van der Waals surface area contributed by atoms with Gasteiger partial charge in [-0.05, 0) is 74.2 Å². The van der Waals surface area contributed by atoms with Gasteiger partial charge in [-0.3, -0.25) is 18.8 Å². The van der Waals surface area contributed by atoms with Crippen molar-refractivity contribution >= 4 is 33.5 Å². The molecule has 0 bridgehead atoms. The molecule has 0 radical (unpaired) electrons. The number of esters is 1. The maximum atomic E-state index is 13.0. The van der Waals surface area contributed by atoms with E-state index in [0.717, 1.165) is 20.3 Å². The van der Waals surface area contributed by atoms with Gasteiger partial charge in [-0.15, -0.1) is 0 Å². The minimum absolute atomic E-state index is 0.184. The van der Waals surface area contributed by atoms with Crippen molar-refractivity contribution in [3.63, 3.8) is 0 Å². The van der Waals surface area contributed by atoms with Crippen LogP contribution in [0.4, 0.5) is 5.69 Å². The quantitative estimate of drug-likeness (QED) is 0.272. The Balaban J connectivity index is 1.41. The third-order valence-electron chi connectivity index (χ3n) is 6.45. The second-order valence-electron chi connectivity index (χ2n) is 8.60. The lowest BCUT2D eigenvalue weighted by Gasteiger charge is -2.20. The number of hydrogen-bond acceptors (Lipinski definition) is 6. The lowest BCUT2D eigenvalue weighted by atomic mass is 9.85. The number of anilines is 1. The molecule has 34 heavy (non-hydrogen) atoms. The zero-order valence-corrected chi connectivity index (χ0v) is 20.0. The third kappa shape index (κ3) is 4.35. The Bertz CT molecular complexity index is 1260. The lowest BCUT2D eigenvalue weighted by Crippen LogP contribution is -2.37. The van der Waals surface area contributed by atoms with Crippen LogP contribution in [0.1, 0.15) is 24.0 Å². The van der Waals surface area contributed by atoms with Crippen LogP contribution < -0.4 is 9.04 Å². The molecule has 2 aromatic rings. The van der Waals surface area contributed by atoms with E-state index in [2.05, 4.69) is 0 Å². The zero-order valence-electron chi connectivity index (χ0n) is 19.2. The van der Waals surface area contributed by atoms with Crippen molar-refractivity contribution in [3.05, 3.63) is 65.7 Å². The molecule has 1 saturated heterocycles. The van der Waals surface area contributed by atoms with E-state index in [1.807, 2.05) is 26.0 Å². The maximum absolute atomic E-state index is 13.0. The molecule has 8 nitrogen and oxygen atoms in total. The largest absolute Gasteiger partial charge is 0.425 e. The van der Waals surface area contributed by atoms with Crippen LogP contribution in [0.2, 0.25) is 0 Å². The molecule has 1 fully saturated rings. The second kappa shape index (κ2) is 9.06. The highest BCUT2D eigenvalue weighted by atomic mass is 32.2. The van der Waals surface area contributed by atoms with E-state index < -0.39 is 34.4 Å². The summed E-state index contributed by atoms with van der Waals surface area (Å²) in [4.78, 5) is 38.6. The first kappa shape index (κ1) is 23.7. The van der Waals surface area contributed by atoms with Crippen molar-refractivity contribution < 1.29 is 27.5 Å². The van der Waals surface area contributed by atoms with Crippen molar-refractivity contribution in [1.82, 2.24) is 4.90 Å². The molecule has 0 N–H and O–H groups in total. The van der Waals surface area contributed by atoms with Crippen molar-refractivity contribution in [2.45, 2.75) is 31.6 Å². The van der Waals surface area contributed by atoms with Crippen molar-refractivity contribution in [2.75, 3.05) is 17.9 Å². The standard InChI is InChI=1S/C25H26N2O6S/c1-16-8-13-20(14-17(16)2)34(31,32)26(3)18-9-11-19(12-10-18)33-23(28)15-27-24(29)21-6-4-5-7-22(21)25(27)30/h4-5,8-14,21-22H,6-7,15H2,1-3H3. The highest BCUT2D eigenvalue weighted by molar-refractivity contribution is 7.92. The molecule has 0 aromatic heterocycles. The minimum atomic E-state index is -3.77. The highest BCUT2D eigenvalue weighted by Crippen LogP contribution is 2.35. The number of allylic oxidation sites excluding steroid dienone is 2. The molecule has 2 amide bonds. The van der Waals surface area contributed by atoms with Crippen molar-refractivity contribution in [3.8, 4) is 5.75 Å². The second-order valence-corrected chi connectivity index (χ2v) is 10.6. The van der Waals surface area contributed by atoms with Gasteiger partial charge in [0.05, 0.1) is 22.4 Å². The number of fused-ring (bicyclic) bond motifs is 1. The van der Waals surface area contributed by atoms with Crippen LogP contribution in [0.5, 0.6) is 5.75 Å². The third-order valence-corrected chi connectivity index (χ3v) is 8.24. The van der Waals surface area contributed by atoms with E-state index in [9.17, 15) is 22.8 Å². The summed E-state index contributed by atoms with van der Waals surface area (Å²) in [5.74, 6) is -2.05. The summed E-state index contributed by atoms with van der Waals surface area (Å²) in [6, 6.07) is 10.9. The Morgan fingerprint density at radius 1 is 0.971 bits per heavy atom. The van der Waals surface area contributed by atoms with Gasteiger partial charge in [0.15, 0.2) is 0 Å². The molecule has 1 aliphatic heterocycles. The number of likely N-dealkylation sites (tertiary alicyclic amines) is 1. The molecular formula is C25H26N2O6S. The number of benzene rings is 2. The maximum Gasteiger partial charge on any atom is 0.331 e. The Hall–Kier alpha value is -3.46. The van der Waals surface area contributed by atoms with Gasteiger partial charge in [-0.2, -0.15) is 0 Å². The van der Waals surface area contributed by atoms with Gasteiger partial charge >= 0.3 is 5.97 Å². The lowest BCUT2D eigenvalue weighted by molar-refractivity contribution is -0.148. The average molecular weight is 483 g/mol. The number of hydrogen-bond donors (Lipinski definition) is 0. The summed E-state index contributed by atoms with van der Waals surface area (Å²) < 4.78 is 32.4. The Labute approximate surface area is 198 Å². The van der Waals surface area contributed by atoms with Crippen molar-refractivity contribution in [2.24, 2.45) is 11.8 Å². The fourth-order valence-electron chi connectivity index (χ4n) is 4.21. The van der Waals surface area contributed by atoms with Crippen LogP contribution in [-0.2, 0) is 24.4 Å². The van der Waals surface area contributed by atoms with Gasteiger partial charge in [0.2, 0.25) is 11.8 Å². The highest BCUT2D eigenvalue weighted by Gasteiger charge is 2.47. The van der Waals surface area contributed by atoms with Crippen LogP contribution in [-0.4, -0.2) is 44.7 Å². The number of imide groups is 1. The number of ether oxygens (including phenoxy) is 1. The average Bonchev–Trinajstić information content (AvgIpc) is 3.05. The van der Waals surface area contributed by atoms with Crippen molar-refractivity contribution in [1.29, 1.82) is 0 Å². The van der Waals surface area contributed by atoms with Crippen LogP contribution in [0, 0.1) is 25.7 Å². The van der Waals surface area contributed by atoms with E-state index in [1.165, 1.54) is 31.3 Å². The molecule has 178 valence electrons. The molecule has 2 aliphatic rings. The van der Waals surface area contributed by atoms with Crippen LogP contribution >= 0.6 is 0 Å². The van der Waals surface area contributed by atoms with Gasteiger partial charge in [0.25, 0.3) is 10.0 Å². The van der Waals surface area contributed by atoms with E-state index in [1.54, 1.807) is 18.2 Å². The molecule has 1 aliphatic carbocycles. The summed E-state index contributed by atoms with van der Waals surface area (Å²) in [6.45, 7) is 3.31. The predicted molar refractivity (Wildman–Crippen MR) is 126 cm³/mol. The molecule has 0 saturated carbocycles. The molecule has 1 heterocycles. The fourth-order valence-corrected chi connectivity index (χ4v) is 5.49.